The van der Waals surface area contributed by atoms with Crippen LogP contribution < -0.4 is 17.4 Å². The standard InChI is InChI=1S/C17H15N3O3S.ClH/c21-17(19-10-4-1-5-11-19)13-7-8-15(14(12-13)20(22)23)24-16-6-2-3-9-18-16;/h1-4,6-9,12H,5,10-11H2;1H. The molecule has 0 bridgehead atoms. The molecular weight excluding hydrogens is 362 g/mol. The second-order valence-electron chi connectivity index (χ2n) is 5.28. The van der Waals surface area contributed by atoms with E-state index in [1.54, 1.807) is 23.2 Å². The molecule has 0 atom stereocenters. The van der Waals surface area contributed by atoms with Gasteiger partial charge in [-0.05, 0) is 36.4 Å². The Labute approximate surface area is 155 Å². The molecule has 2 heterocycles. The number of amides is 1. The molecule has 130 valence electrons. The number of carbonyl (C=O) groups excluding carboxylic acids is 1. The predicted octanol–water partition coefficient (Wildman–Crippen LogP) is -0.0338. The third-order valence-corrected chi connectivity index (χ3v) is 4.69. The van der Waals surface area contributed by atoms with Gasteiger partial charge in [-0.2, -0.15) is 0 Å². The van der Waals surface area contributed by atoms with Gasteiger partial charge in [0.25, 0.3) is 11.6 Å². The van der Waals surface area contributed by atoms with Crippen molar-refractivity contribution in [2.24, 2.45) is 0 Å². The van der Waals surface area contributed by atoms with Crippen molar-refractivity contribution in [3.8, 4) is 0 Å². The zero-order chi connectivity index (χ0) is 16.9. The number of benzene rings is 1. The highest BCUT2D eigenvalue weighted by Crippen LogP contribution is 2.33. The summed E-state index contributed by atoms with van der Waals surface area (Å²) in [5.41, 5.74) is 0.286. The van der Waals surface area contributed by atoms with E-state index in [1.807, 2.05) is 30.4 Å². The van der Waals surface area contributed by atoms with E-state index >= 15 is 0 Å². The van der Waals surface area contributed by atoms with Gasteiger partial charge in [-0.15, -0.1) is 0 Å². The van der Waals surface area contributed by atoms with Gasteiger partial charge < -0.3 is 17.3 Å². The number of nitrogens with zero attached hydrogens (tertiary/aromatic N) is 2. The number of nitro groups is 1. The van der Waals surface area contributed by atoms with Crippen LogP contribution in [0.3, 0.4) is 0 Å². The molecule has 3 rings (SSSR count). The van der Waals surface area contributed by atoms with Crippen molar-refractivity contribution in [2.75, 3.05) is 13.1 Å². The normalized spacial score (nSPS) is 13.2. The lowest BCUT2D eigenvalue weighted by molar-refractivity contribution is -0.426. The Kier molecular flexibility index (Phi) is 6.55. The third-order valence-electron chi connectivity index (χ3n) is 3.65. The van der Waals surface area contributed by atoms with E-state index in [2.05, 4.69) is 4.98 Å². The van der Waals surface area contributed by atoms with E-state index in [-0.39, 0.29) is 24.0 Å². The monoisotopic (exact) mass is 377 g/mol. The molecule has 8 heteroatoms. The Morgan fingerprint density at radius 3 is 2.72 bits per heavy atom. The van der Waals surface area contributed by atoms with Gasteiger partial charge in [0.2, 0.25) is 5.03 Å². The van der Waals surface area contributed by atoms with E-state index in [1.165, 1.54) is 17.8 Å². The van der Waals surface area contributed by atoms with Gasteiger partial charge in [-0.1, -0.05) is 12.2 Å². The second-order valence-corrected chi connectivity index (χ2v) is 6.36. The molecule has 0 unspecified atom stereocenters. The van der Waals surface area contributed by atoms with Gasteiger partial charge in [0.15, 0.2) is 6.20 Å². The predicted molar refractivity (Wildman–Crippen MR) is 89.9 cm³/mol. The van der Waals surface area contributed by atoms with Gasteiger partial charge in [0, 0.05) is 36.9 Å². The van der Waals surface area contributed by atoms with E-state index in [0.29, 0.717) is 23.5 Å². The number of carbonyl (C=O) groups is 1. The van der Waals surface area contributed by atoms with Gasteiger partial charge in [-0.25, -0.2) is 4.98 Å². The van der Waals surface area contributed by atoms with Crippen LogP contribution in [-0.2, 0) is 0 Å². The van der Waals surface area contributed by atoms with Crippen LogP contribution in [0.4, 0.5) is 5.69 Å². The number of hydrogen-bond donors (Lipinski definition) is 0. The molecule has 1 aromatic heterocycles. The zero-order valence-corrected chi connectivity index (χ0v) is 14.8. The summed E-state index contributed by atoms with van der Waals surface area (Å²) in [4.78, 5) is 28.7. The first kappa shape index (κ1) is 19.0. The van der Waals surface area contributed by atoms with Gasteiger partial charge in [0.05, 0.1) is 9.82 Å². The highest BCUT2D eigenvalue weighted by atomic mass is 35.5. The summed E-state index contributed by atoms with van der Waals surface area (Å²) in [6.45, 7) is 1.18. The molecule has 1 aromatic carbocycles. The fourth-order valence-corrected chi connectivity index (χ4v) is 3.33. The maximum absolute atomic E-state index is 12.5. The minimum atomic E-state index is -0.446. The number of pyridine rings is 1. The molecule has 2 aromatic rings. The first-order valence-electron chi connectivity index (χ1n) is 7.52. The fourth-order valence-electron chi connectivity index (χ4n) is 2.45. The lowest BCUT2D eigenvalue weighted by Gasteiger charge is -2.23. The van der Waals surface area contributed by atoms with Crippen molar-refractivity contribution in [1.82, 2.24) is 4.90 Å². The quantitative estimate of drug-likeness (QED) is 0.426. The molecule has 0 fully saturated rings. The van der Waals surface area contributed by atoms with Gasteiger partial charge >= 0.3 is 0 Å². The Morgan fingerprint density at radius 2 is 2.08 bits per heavy atom. The molecule has 1 amide bonds. The Morgan fingerprint density at radius 1 is 1.24 bits per heavy atom. The Balaban J connectivity index is 0.00000225. The van der Waals surface area contributed by atoms with Crippen molar-refractivity contribution >= 4 is 23.4 Å². The van der Waals surface area contributed by atoms with Crippen LogP contribution in [0.2, 0.25) is 0 Å². The summed E-state index contributed by atoms with van der Waals surface area (Å²) < 4.78 is 0. The highest BCUT2D eigenvalue weighted by Gasteiger charge is 2.22. The molecule has 1 aliphatic heterocycles. The number of rotatable bonds is 4. The molecule has 1 N–H and O–H groups in total. The number of nitrogens with one attached hydrogen (secondary N) is 1. The number of H-pyrrole nitrogens is 1. The molecule has 25 heavy (non-hydrogen) atoms. The molecular formula is C17H16ClN3O3S. The topological polar surface area (TPSA) is 77.6 Å². The largest absolute Gasteiger partial charge is 1.00 e. The van der Waals surface area contributed by atoms with Crippen LogP contribution in [0.5, 0.6) is 0 Å². The highest BCUT2D eigenvalue weighted by molar-refractivity contribution is 7.99. The van der Waals surface area contributed by atoms with Crippen LogP contribution >= 0.6 is 11.8 Å². The van der Waals surface area contributed by atoms with Crippen LogP contribution in [0.25, 0.3) is 0 Å². The van der Waals surface area contributed by atoms with Crippen LogP contribution in [-0.4, -0.2) is 28.8 Å². The SMILES string of the molecule is O=C(c1ccc(Sc2cccc[nH+]2)c([N+](=O)[O-])c1)N1CC=CCC1.[Cl-]. The average Bonchev–Trinajstić information content (AvgIpc) is 2.63. The van der Waals surface area contributed by atoms with Crippen molar-refractivity contribution in [2.45, 2.75) is 16.3 Å². The first-order valence-corrected chi connectivity index (χ1v) is 8.34. The van der Waals surface area contributed by atoms with Crippen molar-refractivity contribution in [3.63, 3.8) is 0 Å². The fraction of sp³-hybridized carbons (Fsp3) is 0.176. The lowest BCUT2D eigenvalue weighted by atomic mass is 10.1. The van der Waals surface area contributed by atoms with Crippen molar-refractivity contribution in [1.29, 1.82) is 0 Å². The summed E-state index contributed by atoms with van der Waals surface area (Å²) in [5, 5.41) is 12.2. The smallest absolute Gasteiger partial charge is 0.284 e. The number of nitro benzene ring substituents is 1. The molecule has 6 nitrogen and oxygen atoms in total. The summed E-state index contributed by atoms with van der Waals surface area (Å²) in [5.74, 6) is -0.176. The minimum absolute atomic E-state index is 0. The number of aromatic amines is 1. The minimum Gasteiger partial charge on any atom is -1.00 e. The van der Waals surface area contributed by atoms with E-state index < -0.39 is 4.92 Å². The molecule has 0 saturated carbocycles. The molecule has 0 aliphatic carbocycles. The van der Waals surface area contributed by atoms with Crippen molar-refractivity contribution in [3.05, 3.63) is 70.4 Å². The lowest BCUT2D eigenvalue weighted by Crippen LogP contribution is -3.00. The van der Waals surface area contributed by atoms with Crippen LogP contribution in [0.15, 0.2) is 64.7 Å². The maximum atomic E-state index is 12.5. The second kappa shape index (κ2) is 8.64. The van der Waals surface area contributed by atoms with Gasteiger partial charge in [-0.3, -0.25) is 14.9 Å². The van der Waals surface area contributed by atoms with Gasteiger partial charge in [0.1, 0.15) is 0 Å². The van der Waals surface area contributed by atoms with E-state index in [9.17, 15) is 14.9 Å². The molecule has 0 saturated heterocycles. The zero-order valence-electron chi connectivity index (χ0n) is 13.2. The number of aromatic nitrogens is 1. The number of hydrogen-bond acceptors (Lipinski definition) is 4. The summed E-state index contributed by atoms with van der Waals surface area (Å²) in [6, 6.07) is 10.2. The van der Waals surface area contributed by atoms with Crippen LogP contribution in [0.1, 0.15) is 16.8 Å². The summed E-state index contributed by atoms with van der Waals surface area (Å²) >= 11 is 1.27. The van der Waals surface area contributed by atoms with E-state index in [4.69, 9.17) is 0 Å². The maximum Gasteiger partial charge on any atom is 0.284 e. The van der Waals surface area contributed by atoms with Crippen molar-refractivity contribution < 1.29 is 27.1 Å². The molecule has 0 radical (unpaired) electrons. The summed E-state index contributed by atoms with van der Waals surface area (Å²) in [7, 11) is 0. The Bertz CT molecular complexity index is 799. The number of halogens is 1. The molecule has 1 aliphatic rings. The molecule has 0 spiro atoms. The first-order chi connectivity index (χ1) is 11.6. The Hall–Kier alpha value is -2.38. The average molecular weight is 378 g/mol. The van der Waals surface area contributed by atoms with E-state index in [0.717, 1.165) is 11.4 Å². The van der Waals surface area contributed by atoms with Crippen LogP contribution in [0, 0.1) is 10.1 Å². The summed E-state index contributed by atoms with van der Waals surface area (Å²) in [6.07, 6.45) is 6.54. The third kappa shape index (κ3) is 4.58.